The first-order valence-corrected chi connectivity index (χ1v) is 8.37. The Bertz CT molecular complexity index is 752. The zero-order chi connectivity index (χ0) is 14.9. The molecule has 0 aliphatic heterocycles. The van der Waals surface area contributed by atoms with Crippen molar-refractivity contribution in [2.75, 3.05) is 0 Å². The van der Waals surface area contributed by atoms with Gasteiger partial charge in [-0.15, -0.1) is 0 Å². The second kappa shape index (κ2) is 6.98. The third kappa shape index (κ3) is 3.19. The zero-order valence-electron chi connectivity index (χ0n) is 13.1. The number of benzene rings is 2. The molecule has 0 fully saturated rings. The van der Waals surface area contributed by atoms with Crippen molar-refractivity contribution in [1.29, 1.82) is 0 Å². The summed E-state index contributed by atoms with van der Waals surface area (Å²) in [6.07, 6.45) is 2.12. The minimum atomic E-state index is -4.48. The maximum absolute atomic E-state index is 11.7. The molecular formula is C16H19LiO3S. The Morgan fingerprint density at radius 3 is 1.76 bits per heavy atom. The molecule has 2 aromatic carbocycles. The molecule has 3 nitrogen and oxygen atoms in total. The molecule has 0 N–H and O–H groups in total. The normalized spacial score (nSPS) is 11.4. The van der Waals surface area contributed by atoms with Crippen molar-refractivity contribution in [2.24, 2.45) is 0 Å². The summed E-state index contributed by atoms with van der Waals surface area (Å²) in [5.74, 6) is 0. The van der Waals surface area contributed by atoms with E-state index >= 15 is 0 Å². The van der Waals surface area contributed by atoms with E-state index in [4.69, 9.17) is 0 Å². The molecule has 108 valence electrons. The summed E-state index contributed by atoms with van der Waals surface area (Å²) in [5.41, 5.74) is 2.87. The van der Waals surface area contributed by atoms with Crippen LogP contribution in [0.1, 0.15) is 37.5 Å². The molecule has 2 aromatic rings. The van der Waals surface area contributed by atoms with E-state index < -0.39 is 10.1 Å². The molecule has 0 amide bonds. The summed E-state index contributed by atoms with van der Waals surface area (Å²) in [6.45, 7) is 5.97. The summed E-state index contributed by atoms with van der Waals surface area (Å²) in [6, 6.07) is 7.30. The number of aryl methyl sites for hydroxylation is 1. The van der Waals surface area contributed by atoms with Gasteiger partial charge in [-0.1, -0.05) is 45.0 Å². The SMILES string of the molecule is CCc1c(CC)c(S(=O)(=O)[O-])c2ccccc2c1CC.[Li+]. The third-order valence-corrected chi connectivity index (χ3v) is 4.78. The van der Waals surface area contributed by atoms with Crippen LogP contribution in [-0.4, -0.2) is 13.0 Å². The molecule has 0 saturated heterocycles. The molecule has 0 aromatic heterocycles. The van der Waals surface area contributed by atoms with Gasteiger partial charge in [0, 0.05) is 0 Å². The van der Waals surface area contributed by atoms with Gasteiger partial charge in [-0.05, 0) is 46.7 Å². The van der Waals surface area contributed by atoms with Gasteiger partial charge in [-0.3, -0.25) is 0 Å². The minimum absolute atomic E-state index is 0. The van der Waals surface area contributed by atoms with Crippen LogP contribution in [0.25, 0.3) is 10.8 Å². The van der Waals surface area contributed by atoms with E-state index in [1.54, 1.807) is 12.1 Å². The first kappa shape index (κ1) is 18.3. The van der Waals surface area contributed by atoms with E-state index in [0.717, 1.165) is 29.4 Å². The van der Waals surface area contributed by atoms with E-state index in [9.17, 15) is 13.0 Å². The molecule has 0 aliphatic rings. The van der Waals surface area contributed by atoms with Crippen LogP contribution in [0.3, 0.4) is 0 Å². The fourth-order valence-corrected chi connectivity index (χ4v) is 4.10. The number of rotatable bonds is 4. The van der Waals surface area contributed by atoms with Crippen molar-refractivity contribution in [3.63, 3.8) is 0 Å². The Kier molecular flexibility index (Phi) is 6.07. The van der Waals surface area contributed by atoms with Crippen molar-refractivity contribution in [3.05, 3.63) is 41.0 Å². The molecule has 0 aliphatic carbocycles. The van der Waals surface area contributed by atoms with Crippen molar-refractivity contribution in [3.8, 4) is 0 Å². The minimum Gasteiger partial charge on any atom is -0.744 e. The van der Waals surface area contributed by atoms with Crippen LogP contribution in [0.4, 0.5) is 0 Å². The fourth-order valence-electron chi connectivity index (χ4n) is 3.08. The quantitative estimate of drug-likeness (QED) is 0.608. The van der Waals surface area contributed by atoms with Gasteiger partial charge in [0.15, 0.2) is 0 Å². The maximum Gasteiger partial charge on any atom is 1.00 e. The Morgan fingerprint density at radius 1 is 0.857 bits per heavy atom. The van der Waals surface area contributed by atoms with E-state index in [2.05, 4.69) is 6.92 Å². The summed E-state index contributed by atoms with van der Waals surface area (Å²) >= 11 is 0. The molecular weight excluding hydrogens is 279 g/mol. The second-order valence-corrected chi connectivity index (χ2v) is 6.14. The number of fused-ring (bicyclic) bond motifs is 1. The molecule has 0 spiro atoms. The van der Waals surface area contributed by atoms with Crippen LogP contribution >= 0.6 is 0 Å². The summed E-state index contributed by atoms with van der Waals surface area (Å²) in [7, 11) is -4.48. The van der Waals surface area contributed by atoms with Crippen LogP contribution in [-0.2, 0) is 29.4 Å². The largest absolute Gasteiger partial charge is 1.00 e. The van der Waals surface area contributed by atoms with Gasteiger partial charge >= 0.3 is 18.9 Å². The molecule has 0 atom stereocenters. The van der Waals surface area contributed by atoms with Crippen LogP contribution in [0.5, 0.6) is 0 Å². The van der Waals surface area contributed by atoms with Gasteiger partial charge in [-0.2, -0.15) is 0 Å². The number of hydrogen-bond acceptors (Lipinski definition) is 3. The van der Waals surface area contributed by atoms with Crippen molar-refractivity contribution < 1.29 is 31.8 Å². The van der Waals surface area contributed by atoms with Crippen LogP contribution < -0.4 is 18.9 Å². The second-order valence-electron chi connectivity index (χ2n) is 4.83. The average molecular weight is 298 g/mol. The molecule has 21 heavy (non-hydrogen) atoms. The summed E-state index contributed by atoms with van der Waals surface area (Å²) < 4.78 is 35.2. The van der Waals surface area contributed by atoms with Gasteiger partial charge in [0.1, 0.15) is 10.1 Å². The Hall–Kier alpha value is -0.793. The first-order chi connectivity index (χ1) is 9.45. The Labute approximate surface area is 138 Å². The first-order valence-electron chi connectivity index (χ1n) is 6.96. The van der Waals surface area contributed by atoms with E-state index in [0.29, 0.717) is 17.4 Å². The van der Waals surface area contributed by atoms with Gasteiger partial charge in [0.25, 0.3) is 0 Å². The van der Waals surface area contributed by atoms with Gasteiger partial charge < -0.3 is 4.55 Å². The van der Waals surface area contributed by atoms with E-state index in [1.807, 2.05) is 26.0 Å². The molecule has 0 unspecified atom stereocenters. The van der Waals surface area contributed by atoms with Crippen LogP contribution in [0.2, 0.25) is 0 Å². The predicted octanol–water partition coefficient (Wildman–Crippen LogP) is 0.435. The number of hydrogen-bond donors (Lipinski definition) is 0. The van der Waals surface area contributed by atoms with E-state index in [-0.39, 0.29) is 23.8 Å². The molecule has 0 saturated carbocycles. The summed E-state index contributed by atoms with van der Waals surface area (Å²) in [4.78, 5) is -0.0235. The smallest absolute Gasteiger partial charge is 0.744 e. The average Bonchev–Trinajstić information content (AvgIpc) is 2.42. The standard InChI is InChI=1S/C16H20O3S.Li/c1-4-11-12(5-2)14-9-7-8-10-15(14)16(13(11)6-3)20(17,18)19;/h7-10H,4-6H2,1-3H3,(H,17,18,19);/q;+1/p-1. The van der Waals surface area contributed by atoms with Gasteiger partial charge in [0.05, 0.1) is 4.90 Å². The molecule has 5 heteroatoms. The van der Waals surface area contributed by atoms with Gasteiger partial charge in [0.2, 0.25) is 0 Å². The predicted molar refractivity (Wildman–Crippen MR) is 80.0 cm³/mol. The van der Waals surface area contributed by atoms with Crippen molar-refractivity contribution >= 4 is 20.9 Å². The zero-order valence-corrected chi connectivity index (χ0v) is 13.9. The van der Waals surface area contributed by atoms with Crippen molar-refractivity contribution in [2.45, 2.75) is 44.9 Å². The topological polar surface area (TPSA) is 57.2 Å². The maximum atomic E-state index is 11.7. The fraction of sp³-hybridized carbons (Fsp3) is 0.375. The molecule has 0 bridgehead atoms. The monoisotopic (exact) mass is 298 g/mol. The Morgan fingerprint density at radius 2 is 1.33 bits per heavy atom. The molecule has 2 rings (SSSR count). The Balaban J connectivity index is 0.00000220. The summed E-state index contributed by atoms with van der Waals surface area (Å²) in [5, 5.41) is 1.45. The van der Waals surface area contributed by atoms with E-state index in [1.165, 1.54) is 0 Å². The molecule has 0 radical (unpaired) electrons. The van der Waals surface area contributed by atoms with Crippen LogP contribution in [0, 0.1) is 0 Å². The van der Waals surface area contributed by atoms with Gasteiger partial charge in [-0.25, -0.2) is 8.42 Å². The molecule has 0 heterocycles. The third-order valence-electron chi connectivity index (χ3n) is 3.81. The van der Waals surface area contributed by atoms with Crippen LogP contribution in [0.15, 0.2) is 29.2 Å². The van der Waals surface area contributed by atoms with Crippen molar-refractivity contribution in [1.82, 2.24) is 0 Å².